The van der Waals surface area contributed by atoms with Crippen molar-refractivity contribution in [1.82, 2.24) is 9.59 Å². The second kappa shape index (κ2) is 7.67. The van der Waals surface area contributed by atoms with Gasteiger partial charge in [-0.15, -0.1) is 5.10 Å². The Balaban J connectivity index is 1.43. The Kier molecular flexibility index (Phi) is 5.34. The molecule has 4 saturated carbocycles. The van der Waals surface area contributed by atoms with Gasteiger partial charge in [-0.2, -0.15) is 0 Å². The second-order valence-electron chi connectivity index (χ2n) is 14.8. The number of esters is 1. The third-order valence-corrected chi connectivity index (χ3v) is 14.2. The largest absolute Gasteiger partial charge is 0.469 e. The average Bonchev–Trinajstić information content (AvgIpc) is 3.44. The minimum absolute atomic E-state index is 0.0560. The maximum Gasteiger partial charge on any atom is 0.312 e. The van der Waals surface area contributed by atoms with Crippen molar-refractivity contribution >= 4 is 17.5 Å². The van der Waals surface area contributed by atoms with Crippen LogP contribution in [-0.2, 0) is 21.4 Å². The maximum atomic E-state index is 13.4. The van der Waals surface area contributed by atoms with E-state index in [1.54, 1.807) is 18.6 Å². The molecule has 1 aromatic heterocycles. The predicted octanol–water partition coefficient (Wildman–Crippen LogP) is 7.38. The topological polar surface area (TPSA) is 52.1 Å². The maximum absolute atomic E-state index is 13.4. The molecule has 0 amide bonds. The first-order valence-corrected chi connectivity index (χ1v) is 15.2. The number of hydrogen-bond acceptors (Lipinski definition) is 5. The molecule has 9 atom stereocenters. The van der Waals surface area contributed by atoms with Crippen LogP contribution in [0.5, 0.6) is 0 Å². The fourth-order valence-corrected chi connectivity index (χ4v) is 12.8. The van der Waals surface area contributed by atoms with Crippen LogP contribution in [0.2, 0.25) is 0 Å². The summed E-state index contributed by atoms with van der Waals surface area (Å²) in [5.41, 5.74) is 3.11. The molecule has 0 bridgehead atoms. The Hall–Kier alpha value is -1.23. The monoisotopic (exact) mass is 510 g/mol. The molecule has 5 aliphatic rings. The molecule has 0 N–H and O–H groups in total. The van der Waals surface area contributed by atoms with Crippen molar-refractivity contribution in [2.45, 2.75) is 105 Å². The zero-order valence-electron chi connectivity index (χ0n) is 23.6. The fraction of sp³-hybridized carbons (Fsp3) is 0.839. The van der Waals surface area contributed by atoms with Crippen LogP contribution in [0, 0.1) is 51.2 Å². The summed E-state index contributed by atoms with van der Waals surface area (Å²) in [5.74, 6) is 2.78. The van der Waals surface area contributed by atoms with Crippen LogP contribution in [0.25, 0.3) is 0 Å². The van der Waals surface area contributed by atoms with Crippen molar-refractivity contribution in [2.75, 3.05) is 7.11 Å². The van der Waals surface area contributed by atoms with Crippen LogP contribution in [0.4, 0.5) is 0 Å². The Morgan fingerprint density at radius 2 is 1.72 bits per heavy atom. The van der Waals surface area contributed by atoms with Crippen molar-refractivity contribution in [3.63, 3.8) is 0 Å². The molecule has 4 nitrogen and oxygen atoms in total. The van der Waals surface area contributed by atoms with Gasteiger partial charge in [0.15, 0.2) is 0 Å². The molecule has 5 aliphatic carbocycles. The van der Waals surface area contributed by atoms with Crippen molar-refractivity contribution in [3.05, 3.63) is 22.7 Å². The Morgan fingerprint density at radius 3 is 2.42 bits per heavy atom. The summed E-state index contributed by atoms with van der Waals surface area (Å²) in [4.78, 5) is 14.9. The normalized spacial score (nSPS) is 48.6. The van der Waals surface area contributed by atoms with Crippen LogP contribution in [0.1, 0.15) is 103 Å². The van der Waals surface area contributed by atoms with Gasteiger partial charge in [0.1, 0.15) is 0 Å². The first-order chi connectivity index (χ1) is 16.9. The number of hydrogen-bond donors (Lipinski definition) is 0. The van der Waals surface area contributed by atoms with Gasteiger partial charge in [-0.1, -0.05) is 51.3 Å². The van der Waals surface area contributed by atoms with E-state index in [0.717, 1.165) is 32.1 Å². The van der Waals surface area contributed by atoms with E-state index in [-0.39, 0.29) is 33.0 Å². The smallest absolute Gasteiger partial charge is 0.312 e. The highest BCUT2D eigenvalue weighted by Crippen LogP contribution is 2.77. The van der Waals surface area contributed by atoms with Crippen molar-refractivity contribution < 1.29 is 9.53 Å². The van der Waals surface area contributed by atoms with Gasteiger partial charge in [-0.25, -0.2) is 0 Å². The molecule has 0 saturated heterocycles. The quantitative estimate of drug-likeness (QED) is 0.308. The lowest BCUT2D eigenvalue weighted by Crippen LogP contribution is -2.66. The molecule has 0 aliphatic heterocycles. The zero-order chi connectivity index (χ0) is 25.9. The van der Waals surface area contributed by atoms with E-state index in [1.165, 1.54) is 41.8 Å². The number of nitrogens with zero attached hydrogens (tertiary/aromatic N) is 2. The van der Waals surface area contributed by atoms with Gasteiger partial charge in [0, 0.05) is 10.3 Å². The van der Waals surface area contributed by atoms with E-state index < -0.39 is 0 Å². The van der Waals surface area contributed by atoms with E-state index >= 15 is 0 Å². The third kappa shape index (κ3) is 2.80. The lowest BCUT2D eigenvalue weighted by Gasteiger charge is -2.72. The fourth-order valence-electron chi connectivity index (χ4n) is 11.8. The highest BCUT2D eigenvalue weighted by atomic mass is 32.1. The standard InChI is InChI=1S/C31H46N2O2S/c1-18(2)19-11-14-31(26(34)35-8)16-15-29(6)20(24(19)31)9-10-23-28(5)17-21-25(32-33-36-21)27(3,4)22(28)12-13-30(23,29)7/h19-20,22-24H,1,9-17H2,2-8H3/t19-,20+,22-,23+,24+,28-,29+,30+,31-/m0/s1. The van der Waals surface area contributed by atoms with Gasteiger partial charge in [0.05, 0.1) is 18.2 Å². The van der Waals surface area contributed by atoms with E-state index in [4.69, 9.17) is 4.74 Å². The molecular weight excluding hydrogens is 464 g/mol. The Bertz CT molecular complexity index is 1110. The number of fused-ring (bicyclic) bond motifs is 8. The van der Waals surface area contributed by atoms with Crippen molar-refractivity contribution in [3.8, 4) is 0 Å². The molecular formula is C31H46N2O2S. The van der Waals surface area contributed by atoms with E-state index in [2.05, 4.69) is 57.7 Å². The van der Waals surface area contributed by atoms with Crippen LogP contribution in [-0.4, -0.2) is 22.7 Å². The van der Waals surface area contributed by atoms with Crippen LogP contribution in [0.15, 0.2) is 12.2 Å². The first-order valence-electron chi connectivity index (χ1n) is 14.4. The number of rotatable bonds is 2. The molecule has 4 fully saturated rings. The molecule has 6 rings (SSSR count). The molecule has 198 valence electrons. The van der Waals surface area contributed by atoms with E-state index in [0.29, 0.717) is 29.6 Å². The molecule has 0 aromatic carbocycles. The number of ether oxygens (including phenoxy) is 1. The number of aromatic nitrogens is 2. The molecule has 0 unspecified atom stereocenters. The number of carbonyl (C=O) groups excluding carboxylic acids is 1. The highest BCUT2D eigenvalue weighted by molar-refractivity contribution is 7.05. The summed E-state index contributed by atoms with van der Waals surface area (Å²) in [6.07, 6.45) is 10.4. The first kappa shape index (κ1) is 25.1. The zero-order valence-corrected chi connectivity index (χ0v) is 24.4. The highest BCUT2D eigenvalue weighted by Gasteiger charge is 2.72. The van der Waals surface area contributed by atoms with E-state index in [1.807, 2.05) is 0 Å². The van der Waals surface area contributed by atoms with Gasteiger partial charge in [-0.05, 0) is 122 Å². The lowest BCUT2D eigenvalue weighted by atomic mass is 9.32. The number of allylic oxidation sites excluding steroid dienone is 1. The Morgan fingerprint density at radius 1 is 0.972 bits per heavy atom. The van der Waals surface area contributed by atoms with Crippen LogP contribution < -0.4 is 0 Å². The Labute approximate surface area is 222 Å². The van der Waals surface area contributed by atoms with Gasteiger partial charge < -0.3 is 4.74 Å². The molecule has 36 heavy (non-hydrogen) atoms. The summed E-state index contributed by atoms with van der Waals surface area (Å²) in [6, 6.07) is 0. The lowest BCUT2D eigenvalue weighted by molar-refractivity contribution is -0.228. The summed E-state index contributed by atoms with van der Waals surface area (Å²) in [5, 5.41) is 4.64. The molecule has 0 radical (unpaired) electrons. The van der Waals surface area contributed by atoms with Crippen LogP contribution in [0.3, 0.4) is 0 Å². The van der Waals surface area contributed by atoms with Gasteiger partial charge in [0.2, 0.25) is 0 Å². The predicted molar refractivity (Wildman–Crippen MR) is 145 cm³/mol. The molecule has 1 aromatic rings. The van der Waals surface area contributed by atoms with E-state index in [9.17, 15) is 4.79 Å². The van der Waals surface area contributed by atoms with Gasteiger partial charge in [0.25, 0.3) is 0 Å². The molecule has 0 spiro atoms. The summed E-state index contributed by atoms with van der Waals surface area (Å²) in [7, 11) is 1.60. The van der Waals surface area contributed by atoms with Crippen molar-refractivity contribution in [2.24, 2.45) is 51.2 Å². The SMILES string of the molecule is C=C(C)[C@@H]1CC[C@]2(C(=O)OC)CC[C@]3(C)[C@H](CC[C@@H]4[C@@]5(C)Cc6snnc6C(C)(C)[C@@H]5CC[C@]43C)[C@@H]12. The number of carbonyl (C=O) groups is 1. The summed E-state index contributed by atoms with van der Waals surface area (Å²) in [6.45, 7) is 19.4. The van der Waals surface area contributed by atoms with Crippen LogP contribution >= 0.6 is 11.5 Å². The van der Waals surface area contributed by atoms with Gasteiger partial charge in [-0.3, -0.25) is 4.79 Å². The summed E-state index contributed by atoms with van der Waals surface area (Å²) >= 11 is 1.64. The molecule has 1 heterocycles. The van der Waals surface area contributed by atoms with Gasteiger partial charge >= 0.3 is 5.97 Å². The average molecular weight is 511 g/mol. The second-order valence-corrected chi connectivity index (χ2v) is 15.6. The number of methoxy groups -OCH3 is 1. The minimum Gasteiger partial charge on any atom is -0.469 e. The molecule has 5 heteroatoms. The minimum atomic E-state index is -0.303. The summed E-state index contributed by atoms with van der Waals surface area (Å²) < 4.78 is 9.94. The third-order valence-electron chi connectivity index (χ3n) is 13.5. The van der Waals surface area contributed by atoms with Crippen molar-refractivity contribution in [1.29, 1.82) is 0 Å².